The number of hydrogen-bond donors (Lipinski definition) is 1. The zero-order valence-electron chi connectivity index (χ0n) is 11.0. The number of carbonyl (C=O) groups excluding carboxylic acids is 1. The first kappa shape index (κ1) is 13.1. The van der Waals surface area contributed by atoms with Gasteiger partial charge in [0.2, 0.25) is 0 Å². The SMILES string of the molecule is Cc1ccc(C(=O)NC2CCCC(C)C2)cc1F. The summed E-state index contributed by atoms with van der Waals surface area (Å²) >= 11 is 0. The third kappa shape index (κ3) is 3.09. The lowest BCUT2D eigenvalue weighted by Gasteiger charge is -2.27. The maximum atomic E-state index is 13.4. The van der Waals surface area contributed by atoms with Gasteiger partial charge in [-0.15, -0.1) is 0 Å². The number of aryl methyl sites for hydroxylation is 1. The Morgan fingerprint density at radius 1 is 1.39 bits per heavy atom. The van der Waals surface area contributed by atoms with Crippen LogP contribution in [0.3, 0.4) is 0 Å². The Morgan fingerprint density at radius 2 is 2.17 bits per heavy atom. The van der Waals surface area contributed by atoms with Crippen molar-refractivity contribution in [2.75, 3.05) is 0 Å². The van der Waals surface area contributed by atoms with Crippen molar-refractivity contribution in [2.45, 2.75) is 45.6 Å². The molecule has 1 amide bonds. The summed E-state index contributed by atoms with van der Waals surface area (Å²) in [6.45, 7) is 3.91. The van der Waals surface area contributed by atoms with Crippen molar-refractivity contribution in [3.8, 4) is 0 Å². The molecule has 1 aromatic rings. The van der Waals surface area contributed by atoms with Crippen LogP contribution in [0.1, 0.15) is 48.5 Å². The van der Waals surface area contributed by atoms with E-state index in [-0.39, 0.29) is 17.8 Å². The van der Waals surface area contributed by atoms with Crippen LogP contribution in [-0.4, -0.2) is 11.9 Å². The summed E-state index contributed by atoms with van der Waals surface area (Å²) in [6.07, 6.45) is 4.46. The average molecular weight is 249 g/mol. The van der Waals surface area contributed by atoms with E-state index in [1.54, 1.807) is 19.1 Å². The monoisotopic (exact) mass is 249 g/mol. The minimum absolute atomic E-state index is 0.159. The van der Waals surface area contributed by atoms with Crippen molar-refractivity contribution < 1.29 is 9.18 Å². The Labute approximate surface area is 108 Å². The van der Waals surface area contributed by atoms with E-state index in [0.29, 0.717) is 17.0 Å². The molecule has 1 fully saturated rings. The summed E-state index contributed by atoms with van der Waals surface area (Å²) in [7, 11) is 0. The molecule has 1 aliphatic rings. The maximum Gasteiger partial charge on any atom is 0.251 e. The van der Waals surface area contributed by atoms with Crippen LogP contribution in [0.2, 0.25) is 0 Å². The van der Waals surface area contributed by atoms with Crippen LogP contribution >= 0.6 is 0 Å². The lowest BCUT2D eigenvalue weighted by atomic mass is 9.87. The highest BCUT2D eigenvalue weighted by Crippen LogP contribution is 2.23. The van der Waals surface area contributed by atoms with E-state index < -0.39 is 0 Å². The van der Waals surface area contributed by atoms with Crippen molar-refractivity contribution in [3.05, 3.63) is 35.1 Å². The Hall–Kier alpha value is -1.38. The molecule has 2 unspecified atom stereocenters. The first-order valence-electron chi connectivity index (χ1n) is 6.63. The highest BCUT2D eigenvalue weighted by atomic mass is 19.1. The fourth-order valence-corrected chi connectivity index (χ4v) is 2.57. The zero-order chi connectivity index (χ0) is 13.1. The second-order valence-electron chi connectivity index (χ2n) is 5.41. The van der Waals surface area contributed by atoms with Gasteiger partial charge in [-0.25, -0.2) is 4.39 Å². The van der Waals surface area contributed by atoms with Crippen molar-refractivity contribution >= 4 is 5.91 Å². The van der Waals surface area contributed by atoms with Crippen molar-refractivity contribution in [3.63, 3.8) is 0 Å². The summed E-state index contributed by atoms with van der Waals surface area (Å²) in [6, 6.07) is 4.88. The fourth-order valence-electron chi connectivity index (χ4n) is 2.57. The number of carbonyl (C=O) groups is 1. The van der Waals surface area contributed by atoms with Crippen LogP contribution in [0.4, 0.5) is 4.39 Å². The average Bonchev–Trinajstić information content (AvgIpc) is 2.32. The van der Waals surface area contributed by atoms with Gasteiger partial charge in [0.05, 0.1) is 0 Å². The summed E-state index contributed by atoms with van der Waals surface area (Å²) in [5.41, 5.74) is 0.981. The molecule has 2 rings (SSSR count). The lowest BCUT2D eigenvalue weighted by molar-refractivity contribution is 0.0921. The van der Waals surface area contributed by atoms with Gasteiger partial charge in [0.15, 0.2) is 0 Å². The molecule has 0 saturated heterocycles. The molecule has 3 heteroatoms. The number of halogens is 1. The number of amides is 1. The Bertz CT molecular complexity index is 444. The third-order valence-corrected chi connectivity index (χ3v) is 3.71. The quantitative estimate of drug-likeness (QED) is 0.854. The topological polar surface area (TPSA) is 29.1 Å². The smallest absolute Gasteiger partial charge is 0.251 e. The van der Waals surface area contributed by atoms with Crippen LogP contribution in [0.5, 0.6) is 0 Å². The molecule has 0 radical (unpaired) electrons. The number of hydrogen-bond acceptors (Lipinski definition) is 1. The molecule has 2 nitrogen and oxygen atoms in total. The van der Waals surface area contributed by atoms with Crippen LogP contribution < -0.4 is 5.32 Å². The van der Waals surface area contributed by atoms with E-state index in [9.17, 15) is 9.18 Å². The van der Waals surface area contributed by atoms with E-state index in [1.165, 1.54) is 12.5 Å². The van der Waals surface area contributed by atoms with Crippen LogP contribution in [0.25, 0.3) is 0 Å². The molecule has 18 heavy (non-hydrogen) atoms. The molecular formula is C15H20FNO. The van der Waals surface area contributed by atoms with Crippen molar-refractivity contribution in [2.24, 2.45) is 5.92 Å². The maximum absolute atomic E-state index is 13.4. The van der Waals surface area contributed by atoms with Gasteiger partial charge < -0.3 is 5.32 Å². The number of benzene rings is 1. The van der Waals surface area contributed by atoms with Gasteiger partial charge >= 0.3 is 0 Å². The van der Waals surface area contributed by atoms with E-state index >= 15 is 0 Å². The fraction of sp³-hybridized carbons (Fsp3) is 0.533. The standard InChI is InChI=1S/C15H20FNO/c1-10-4-3-5-13(8-10)17-15(18)12-7-6-11(2)14(16)9-12/h6-7,9-10,13H,3-5,8H2,1-2H3,(H,17,18). The summed E-state index contributed by atoms with van der Waals surface area (Å²) in [4.78, 5) is 12.0. The Kier molecular flexibility index (Phi) is 4.00. The van der Waals surface area contributed by atoms with E-state index in [0.717, 1.165) is 19.3 Å². The molecule has 1 saturated carbocycles. The van der Waals surface area contributed by atoms with E-state index in [2.05, 4.69) is 12.2 Å². The predicted molar refractivity (Wildman–Crippen MR) is 70.0 cm³/mol. The predicted octanol–water partition coefficient (Wildman–Crippen LogP) is 3.44. The molecule has 1 N–H and O–H groups in total. The second kappa shape index (κ2) is 5.51. The minimum atomic E-state index is -0.320. The minimum Gasteiger partial charge on any atom is -0.349 e. The van der Waals surface area contributed by atoms with Gasteiger partial charge in [0.25, 0.3) is 5.91 Å². The van der Waals surface area contributed by atoms with Crippen LogP contribution in [-0.2, 0) is 0 Å². The first-order valence-corrected chi connectivity index (χ1v) is 6.63. The van der Waals surface area contributed by atoms with Gasteiger partial charge in [0, 0.05) is 11.6 Å². The van der Waals surface area contributed by atoms with E-state index in [4.69, 9.17) is 0 Å². The number of nitrogens with one attached hydrogen (secondary N) is 1. The molecule has 0 bridgehead atoms. The lowest BCUT2D eigenvalue weighted by Crippen LogP contribution is -2.38. The first-order chi connectivity index (χ1) is 8.56. The van der Waals surface area contributed by atoms with E-state index in [1.807, 2.05) is 0 Å². The molecule has 0 heterocycles. The van der Waals surface area contributed by atoms with Gasteiger partial charge in [-0.05, 0) is 43.4 Å². The van der Waals surface area contributed by atoms with Gasteiger partial charge in [-0.3, -0.25) is 4.79 Å². The zero-order valence-corrected chi connectivity index (χ0v) is 11.0. The van der Waals surface area contributed by atoms with Gasteiger partial charge in [0.1, 0.15) is 5.82 Å². The van der Waals surface area contributed by atoms with Gasteiger partial charge in [-0.2, -0.15) is 0 Å². The molecule has 1 aliphatic carbocycles. The largest absolute Gasteiger partial charge is 0.349 e. The van der Waals surface area contributed by atoms with Crippen LogP contribution in [0.15, 0.2) is 18.2 Å². The Balaban J connectivity index is 2.00. The summed E-state index contributed by atoms with van der Waals surface area (Å²) < 4.78 is 13.4. The third-order valence-electron chi connectivity index (χ3n) is 3.71. The number of rotatable bonds is 2. The normalized spacial score (nSPS) is 23.7. The molecule has 0 spiro atoms. The van der Waals surface area contributed by atoms with Crippen molar-refractivity contribution in [1.29, 1.82) is 0 Å². The molecule has 0 aromatic heterocycles. The molecular weight excluding hydrogens is 229 g/mol. The van der Waals surface area contributed by atoms with Crippen LogP contribution in [0, 0.1) is 18.7 Å². The van der Waals surface area contributed by atoms with Crippen molar-refractivity contribution in [1.82, 2.24) is 5.32 Å². The highest BCUT2D eigenvalue weighted by Gasteiger charge is 2.21. The highest BCUT2D eigenvalue weighted by molar-refractivity contribution is 5.94. The van der Waals surface area contributed by atoms with Gasteiger partial charge in [-0.1, -0.05) is 25.8 Å². The summed E-state index contributed by atoms with van der Waals surface area (Å²) in [5.74, 6) is 0.187. The second-order valence-corrected chi connectivity index (χ2v) is 5.41. The Morgan fingerprint density at radius 3 is 2.83 bits per heavy atom. The molecule has 1 aromatic carbocycles. The molecule has 2 atom stereocenters. The summed E-state index contributed by atoms with van der Waals surface area (Å²) in [5, 5.41) is 3.01. The molecule has 98 valence electrons. The molecule has 0 aliphatic heterocycles.